The highest BCUT2D eigenvalue weighted by atomic mass is 15.2. The average molecular weight is 274 g/mol. The van der Waals surface area contributed by atoms with Gasteiger partial charge in [0.05, 0.1) is 0 Å². The van der Waals surface area contributed by atoms with Crippen molar-refractivity contribution >= 4 is 11.4 Å². The summed E-state index contributed by atoms with van der Waals surface area (Å²) in [6, 6.07) is 30.6. The molecular weight excluding hydrogens is 256 g/mol. The number of rotatable bonds is 4. The Morgan fingerprint density at radius 2 is 0.952 bits per heavy atom. The molecule has 0 saturated heterocycles. The monoisotopic (exact) mass is 274 g/mol. The third kappa shape index (κ3) is 2.96. The average Bonchev–Trinajstić information content (AvgIpc) is 2.58. The molecule has 0 saturated carbocycles. The van der Waals surface area contributed by atoms with Gasteiger partial charge < -0.3 is 10.6 Å². The lowest BCUT2D eigenvalue weighted by Gasteiger charge is -2.31. The molecule has 0 aromatic heterocycles. The van der Waals surface area contributed by atoms with Crippen LogP contribution in [0.3, 0.4) is 0 Å². The van der Waals surface area contributed by atoms with Crippen LogP contribution in [0.4, 0.5) is 11.4 Å². The van der Waals surface area contributed by atoms with Gasteiger partial charge in [-0.05, 0) is 29.8 Å². The second-order valence-corrected chi connectivity index (χ2v) is 4.90. The van der Waals surface area contributed by atoms with Crippen molar-refractivity contribution < 1.29 is 0 Å². The van der Waals surface area contributed by atoms with Gasteiger partial charge in [0.15, 0.2) is 0 Å². The summed E-state index contributed by atoms with van der Waals surface area (Å²) in [5, 5.41) is 0. The molecule has 0 bridgehead atoms. The van der Waals surface area contributed by atoms with E-state index in [4.69, 9.17) is 5.73 Å². The van der Waals surface area contributed by atoms with Gasteiger partial charge in [-0.3, -0.25) is 0 Å². The van der Waals surface area contributed by atoms with E-state index in [1.807, 2.05) is 54.6 Å². The molecule has 3 aromatic carbocycles. The lowest BCUT2D eigenvalue weighted by molar-refractivity contribution is 0.736. The van der Waals surface area contributed by atoms with Crippen molar-refractivity contribution in [1.29, 1.82) is 0 Å². The molecule has 0 spiro atoms. The lowest BCUT2D eigenvalue weighted by atomic mass is 10.1. The van der Waals surface area contributed by atoms with Crippen LogP contribution in [-0.2, 0) is 0 Å². The molecule has 0 aliphatic carbocycles. The van der Waals surface area contributed by atoms with Gasteiger partial charge in [-0.15, -0.1) is 0 Å². The minimum atomic E-state index is -0.226. The number of anilines is 2. The Bertz CT molecular complexity index is 626. The second-order valence-electron chi connectivity index (χ2n) is 4.90. The minimum Gasteiger partial charge on any atom is -0.321 e. The van der Waals surface area contributed by atoms with Crippen LogP contribution in [0.15, 0.2) is 91.0 Å². The molecule has 2 heteroatoms. The normalized spacial score (nSPS) is 11.9. The third-order valence-electron chi connectivity index (χ3n) is 3.49. The minimum absolute atomic E-state index is 0.226. The van der Waals surface area contributed by atoms with Gasteiger partial charge in [-0.2, -0.15) is 0 Å². The molecule has 0 amide bonds. The van der Waals surface area contributed by atoms with E-state index in [0.717, 1.165) is 16.9 Å². The highest BCUT2D eigenvalue weighted by molar-refractivity contribution is 5.64. The number of nitrogens with two attached hydrogens (primary N) is 1. The quantitative estimate of drug-likeness (QED) is 0.711. The van der Waals surface area contributed by atoms with Crippen LogP contribution in [-0.4, -0.2) is 0 Å². The second kappa shape index (κ2) is 6.25. The molecule has 1 atom stereocenters. The fraction of sp³-hybridized carbons (Fsp3) is 0.0526. The first-order valence-corrected chi connectivity index (χ1v) is 7.06. The van der Waals surface area contributed by atoms with Crippen molar-refractivity contribution in [2.75, 3.05) is 4.90 Å². The molecule has 3 aromatic rings. The maximum atomic E-state index is 6.53. The molecule has 0 fully saturated rings. The van der Waals surface area contributed by atoms with Crippen LogP contribution in [0.2, 0.25) is 0 Å². The third-order valence-corrected chi connectivity index (χ3v) is 3.49. The highest BCUT2D eigenvalue weighted by Gasteiger charge is 2.18. The predicted molar refractivity (Wildman–Crippen MR) is 88.4 cm³/mol. The number of benzene rings is 3. The zero-order chi connectivity index (χ0) is 14.5. The number of hydrogen-bond acceptors (Lipinski definition) is 2. The molecule has 2 N–H and O–H groups in total. The van der Waals surface area contributed by atoms with E-state index in [9.17, 15) is 0 Å². The number of nitrogens with zero attached hydrogens (tertiary/aromatic N) is 1. The maximum Gasteiger partial charge on any atom is 0.108 e. The summed E-state index contributed by atoms with van der Waals surface area (Å²) < 4.78 is 0. The van der Waals surface area contributed by atoms with Gasteiger partial charge in [-0.1, -0.05) is 66.7 Å². The van der Waals surface area contributed by atoms with Crippen LogP contribution in [0, 0.1) is 0 Å². The van der Waals surface area contributed by atoms with Crippen LogP contribution in [0.5, 0.6) is 0 Å². The highest BCUT2D eigenvalue weighted by Crippen LogP contribution is 2.31. The van der Waals surface area contributed by atoms with Crippen molar-refractivity contribution in [3.63, 3.8) is 0 Å². The van der Waals surface area contributed by atoms with Gasteiger partial charge in [-0.25, -0.2) is 0 Å². The maximum absolute atomic E-state index is 6.53. The molecule has 3 rings (SSSR count). The standard InChI is InChI=1S/C19H18N2/c20-19(16-10-4-1-5-11-16)21(17-12-6-2-7-13-17)18-14-8-3-9-15-18/h1-15,19H,20H2. The Kier molecular flexibility index (Phi) is 3.99. The summed E-state index contributed by atoms with van der Waals surface area (Å²) in [7, 11) is 0. The van der Waals surface area contributed by atoms with Gasteiger partial charge in [0.1, 0.15) is 6.17 Å². The summed E-state index contributed by atoms with van der Waals surface area (Å²) in [5.41, 5.74) is 9.78. The van der Waals surface area contributed by atoms with Crippen molar-refractivity contribution in [3.8, 4) is 0 Å². The predicted octanol–water partition coefficient (Wildman–Crippen LogP) is 4.48. The Balaban J connectivity index is 2.05. The smallest absolute Gasteiger partial charge is 0.108 e. The molecule has 0 aliphatic rings. The van der Waals surface area contributed by atoms with Gasteiger partial charge in [0, 0.05) is 11.4 Å². The fourth-order valence-corrected chi connectivity index (χ4v) is 2.45. The molecule has 0 heterocycles. The molecule has 21 heavy (non-hydrogen) atoms. The van der Waals surface area contributed by atoms with E-state index >= 15 is 0 Å². The lowest BCUT2D eigenvalue weighted by Crippen LogP contribution is -2.30. The van der Waals surface area contributed by atoms with E-state index < -0.39 is 0 Å². The molecule has 1 unspecified atom stereocenters. The van der Waals surface area contributed by atoms with E-state index in [1.54, 1.807) is 0 Å². The summed E-state index contributed by atoms with van der Waals surface area (Å²) in [6.07, 6.45) is -0.226. The summed E-state index contributed by atoms with van der Waals surface area (Å²) in [6.45, 7) is 0. The number of hydrogen-bond donors (Lipinski definition) is 1. The van der Waals surface area contributed by atoms with Crippen molar-refractivity contribution in [2.24, 2.45) is 5.73 Å². The first-order valence-electron chi connectivity index (χ1n) is 7.06. The van der Waals surface area contributed by atoms with E-state index in [-0.39, 0.29) is 6.17 Å². The van der Waals surface area contributed by atoms with Crippen molar-refractivity contribution in [3.05, 3.63) is 96.6 Å². The molecular formula is C19H18N2. The zero-order valence-corrected chi connectivity index (χ0v) is 11.8. The van der Waals surface area contributed by atoms with E-state index in [2.05, 4.69) is 41.3 Å². The Hall–Kier alpha value is -2.58. The molecule has 104 valence electrons. The number of para-hydroxylation sites is 2. The summed E-state index contributed by atoms with van der Waals surface area (Å²) >= 11 is 0. The molecule has 0 radical (unpaired) electrons. The first kappa shape index (κ1) is 13.4. The van der Waals surface area contributed by atoms with Gasteiger partial charge in [0.2, 0.25) is 0 Å². The van der Waals surface area contributed by atoms with E-state index in [0.29, 0.717) is 0 Å². The molecule has 2 nitrogen and oxygen atoms in total. The SMILES string of the molecule is NC(c1ccccc1)N(c1ccccc1)c1ccccc1. The Morgan fingerprint density at radius 1 is 0.571 bits per heavy atom. The molecule has 0 aliphatic heterocycles. The summed E-state index contributed by atoms with van der Waals surface area (Å²) in [4.78, 5) is 2.15. The van der Waals surface area contributed by atoms with Crippen molar-refractivity contribution in [1.82, 2.24) is 0 Å². The van der Waals surface area contributed by atoms with Crippen molar-refractivity contribution in [2.45, 2.75) is 6.17 Å². The Morgan fingerprint density at radius 3 is 1.38 bits per heavy atom. The van der Waals surface area contributed by atoms with Gasteiger partial charge in [0.25, 0.3) is 0 Å². The van der Waals surface area contributed by atoms with E-state index in [1.165, 1.54) is 0 Å². The van der Waals surface area contributed by atoms with Crippen LogP contribution < -0.4 is 10.6 Å². The first-order chi connectivity index (χ1) is 10.4. The largest absolute Gasteiger partial charge is 0.321 e. The van der Waals surface area contributed by atoms with Crippen LogP contribution in [0.1, 0.15) is 11.7 Å². The van der Waals surface area contributed by atoms with Gasteiger partial charge >= 0.3 is 0 Å². The van der Waals surface area contributed by atoms with Crippen LogP contribution >= 0.6 is 0 Å². The zero-order valence-electron chi connectivity index (χ0n) is 11.8. The summed E-state index contributed by atoms with van der Waals surface area (Å²) in [5.74, 6) is 0. The topological polar surface area (TPSA) is 29.3 Å². The fourth-order valence-electron chi connectivity index (χ4n) is 2.45. The van der Waals surface area contributed by atoms with Crippen LogP contribution in [0.25, 0.3) is 0 Å². The Labute approximate surface area is 125 Å².